The minimum Gasteiger partial charge on any atom is -0.484 e. The summed E-state index contributed by atoms with van der Waals surface area (Å²) in [6, 6.07) is 20.4. The Morgan fingerprint density at radius 3 is 2.17 bits per heavy atom. The second-order valence-corrected chi connectivity index (χ2v) is 6.94. The highest BCUT2D eigenvalue weighted by Crippen LogP contribution is 2.14. The van der Waals surface area contributed by atoms with E-state index in [4.69, 9.17) is 4.74 Å². The van der Waals surface area contributed by atoms with Crippen LogP contribution in [0.5, 0.6) is 5.75 Å². The SMILES string of the molecule is Cc1ccc(C)n1NC(=O)c1ccc(OCC(=O)N(C)Cc2ccccc2)cc1. The first-order valence-corrected chi connectivity index (χ1v) is 9.41. The molecule has 29 heavy (non-hydrogen) atoms. The van der Waals surface area contributed by atoms with Crippen molar-refractivity contribution in [2.45, 2.75) is 20.4 Å². The summed E-state index contributed by atoms with van der Waals surface area (Å²) in [7, 11) is 1.75. The van der Waals surface area contributed by atoms with E-state index in [1.54, 1.807) is 40.9 Å². The van der Waals surface area contributed by atoms with Gasteiger partial charge in [-0.15, -0.1) is 0 Å². The second-order valence-electron chi connectivity index (χ2n) is 6.94. The number of hydrogen-bond donors (Lipinski definition) is 1. The van der Waals surface area contributed by atoms with Crippen molar-refractivity contribution in [3.63, 3.8) is 0 Å². The Kier molecular flexibility index (Phi) is 6.34. The lowest BCUT2D eigenvalue weighted by Gasteiger charge is -2.17. The Labute approximate surface area is 170 Å². The fourth-order valence-corrected chi connectivity index (χ4v) is 2.91. The molecule has 0 saturated carbocycles. The van der Waals surface area contributed by atoms with Gasteiger partial charge in [0.1, 0.15) is 5.75 Å². The number of ether oxygens (including phenoxy) is 1. The summed E-state index contributed by atoms with van der Waals surface area (Å²) in [6.07, 6.45) is 0. The molecule has 0 aliphatic rings. The standard InChI is InChI=1S/C23H25N3O3/c1-17-9-10-18(2)26(17)24-23(28)20-11-13-21(14-12-20)29-16-22(27)25(3)15-19-7-5-4-6-8-19/h4-14H,15-16H2,1-3H3,(H,24,28). The van der Waals surface area contributed by atoms with Crippen LogP contribution in [-0.4, -0.2) is 35.0 Å². The van der Waals surface area contributed by atoms with Gasteiger partial charge in [-0.25, -0.2) is 0 Å². The molecule has 150 valence electrons. The molecule has 1 N–H and O–H groups in total. The van der Waals surface area contributed by atoms with Crippen LogP contribution in [0, 0.1) is 13.8 Å². The molecule has 0 atom stereocenters. The van der Waals surface area contributed by atoms with E-state index in [1.165, 1.54) is 0 Å². The van der Waals surface area contributed by atoms with Crippen molar-refractivity contribution in [3.8, 4) is 5.75 Å². The third-order valence-corrected chi connectivity index (χ3v) is 4.65. The van der Waals surface area contributed by atoms with E-state index in [2.05, 4.69) is 5.43 Å². The lowest BCUT2D eigenvalue weighted by atomic mass is 10.2. The van der Waals surface area contributed by atoms with Gasteiger partial charge >= 0.3 is 0 Å². The van der Waals surface area contributed by atoms with Crippen molar-refractivity contribution in [1.82, 2.24) is 9.58 Å². The molecule has 3 rings (SSSR count). The summed E-state index contributed by atoms with van der Waals surface area (Å²) in [6.45, 7) is 4.32. The monoisotopic (exact) mass is 391 g/mol. The Balaban J connectivity index is 1.52. The fourth-order valence-electron chi connectivity index (χ4n) is 2.91. The number of nitrogens with zero attached hydrogens (tertiary/aromatic N) is 2. The molecule has 0 spiro atoms. The molecule has 6 heteroatoms. The molecule has 0 unspecified atom stereocenters. The first-order valence-electron chi connectivity index (χ1n) is 9.41. The van der Waals surface area contributed by atoms with Gasteiger partial charge in [0.05, 0.1) is 0 Å². The first-order chi connectivity index (χ1) is 13.9. The highest BCUT2D eigenvalue weighted by Gasteiger charge is 2.12. The predicted molar refractivity (Wildman–Crippen MR) is 112 cm³/mol. The number of nitrogens with one attached hydrogen (secondary N) is 1. The zero-order chi connectivity index (χ0) is 20.8. The van der Waals surface area contributed by atoms with E-state index in [1.807, 2.05) is 56.3 Å². The number of benzene rings is 2. The number of carbonyl (C=O) groups excluding carboxylic acids is 2. The number of aromatic nitrogens is 1. The Morgan fingerprint density at radius 1 is 0.931 bits per heavy atom. The van der Waals surface area contributed by atoms with Gasteiger partial charge in [0, 0.05) is 30.5 Å². The van der Waals surface area contributed by atoms with Crippen molar-refractivity contribution in [1.29, 1.82) is 0 Å². The van der Waals surface area contributed by atoms with E-state index in [0.717, 1.165) is 17.0 Å². The number of rotatable bonds is 7. The summed E-state index contributed by atoms with van der Waals surface area (Å²) in [5.74, 6) is 0.211. The fraction of sp³-hybridized carbons (Fsp3) is 0.217. The van der Waals surface area contributed by atoms with Crippen LogP contribution < -0.4 is 10.2 Å². The van der Waals surface area contributed by atoms with Crippen LogP contribution in [0.2, 0.25) is 0 Å². The summed E-state index contributed by atoms with van der Waals surface area (Å²) >= 11 is 0. The van der Waals surface area contributed by atoms with E-state index in [-0.39, 0.29) is 18.4 Å². The van der Waals surface area contributed by atoms with E-state index >= 15 is 0 Å². The highest BCUT2D eigenvalue weighted by atomic mass is 16.5. The van der Waals surface area contributed by atoms with E-state index in [0.29, 0.717) is 17.9 Å². The molecular formula is C23H25N3O3. The molecular weight excluding hydrogens is 366 g/mol. The molecule has 0 saturated heterocycles. The van der Waals surface area contributed by atoms with Crippen LogP contribution in [0.3, 0.4) is 0 Å². The third-order valence-electron chi connectivity index (χ3n) is 4.65. The molecule has 2 amide bonds. The number of hydrogen-bond acceptors (Lipinski definition) is 3. The molecule has 0 aliphatic heterocycles. The molecule has 1 aromatic heterocycles. The number of amides is 2. The molecule has 0 fully saturated rings. The van der Waals surface area contributed by atoms with E-state index in [9.17, 15) is 9.59 Å². The van der Waals surface area contributed by atoms with Crippen LogP contribution in [0.25, 0.3) is 0 Å². The molecule has 1 heterocycles. The normalized spacial score (nSPS) is 10.4. The van der Waals surface area contributed by atoms with Crippen molar-refractivity contribution < 1.29 is 14.3 Å². The minimum absolute atomic E-state index is 0.0589. The van der Waals surface area contributed by atoms with Gasteiger partial charge in [0.15, 0.2) is 6.61 Å². The summed E-state index contributed by atoms with van der Waals surface area (Å²) < 4.78 is 7.32. The average Bonchev–Trinajstić information content (AvgIpc) is 3.05. The summed E-state index contributed by atoms with van der Waals surface area (Å²) in [5.41, 5.74) is 6.34. The largest absolute Gasteiger partial charge is 0.484 e. The lowest BCUT2D eigenvalue weighted by Crippen LogP contribution is -2.30. The Hall–Kier alpha value is -3.54. The van der Waals surface area contributed by atoms with Crippen LogP contribution in [0.4, 0.5) is 0 Å². The number of aryl methyl sites for hydroxylation is 2. The molecule has 3 aromatic rings. The summed E-state index contributed by atoms with van der Waals surface area (Å²) in [4.78, 5) is 26.3. The molecule has 0 radical (unpaired) electrons. The van der Waals surface area contributed by atoms with E-state index < -0.39 is 0 Å². The van der Waals surface area contributed by atoms with Crippen molar-refractivity contribution in [3.05, 3.63) is 89.2 Å². The van der Waals surface area contributed by atoms with Crippen LogP contribution in [0.1, 0.15) is 27.3 Å². The van der Waals surface area contributed by atoms with Gasteiger partial charge in [0.2, 0.25) is 0 Å². The van der Waals surface area contributed by atoms with Gasteiger partial charge < -0.3 is 9.64 Å². The predicted octanol–water partition coefficient (Wildman–Crippen LogP) is 3.53. The second kappa shape index (κ2) is 9.10. The Morgan fingerprint density at radius 2 is 1.55 bits per heavy atom. The van der Waals surface area contributed by atoms with Crippen LogP contribution in [-0.2, 0) is 11.3 Å². The van der Waals surface area contributed by atoms with Gasteiger partial charge in [-0.1, -0.05) is 30.3 Å². The van der Waals surface area contributed by atoms with Crippen molar-refractivity contribution in [2.24, 2.45) is 0 Å². The maximum atomic E-state index is 12.4. The molecule has 0 aliphatic carbocycles. The van der Waals surface area contributed by atoms with Crippen LogP contribution in [0.15, 0.2) is 66.7 Å². The zero-order valence-corrected chi connectivity index (χ0v) is 16.9. The average molecular weight is 391 g/mol. The quantitative estimate of drug-likeness (QED) is 0.670. The van der Waals surface area contributed by atoms with Gasteiger partial charge in [-0.3, -0.25) is 19.7 Å². The maximum absolute atomic E-state index is 12.4. The topological polar surface area (TPSA) is 63.6 Å². The number of likely N-dealkylation sites (N-methyl/N-ethyl adjacent to an activating group) is 1. The zero-order valence-electron chi connectivity index (χ0n) is 16.9. The smallest absolute Gasteiger partial charge is 0.270 e. The van der Waals surface area contributed by atoms with Crippen LogP contribution >= 0.6 is 0 Å². The first kappa shape index (κ1) is 20.2. The number of carbonyl (C=O) groups is 2. The van der Waals surface area contributed by atoms with Gasteiger partial charge in [-0.05, 0) is 55.8 Å². The molecule has 6 nitrogen and oxygen atoms in total. The summed E-state index contributed by atoms with van der Waals surface area (Å²) in [5, 5.41) is 0. The Bertz CT molecular complexity index is 959. The maximum Gasteiger partial charge on any atom is 0.270 e. The van der Waals surface area contributed by atoms with Gasteiger partial charge in [0.25, 0.3) is 11.8 Å². The molecule has 2 aromatic carbocycles. The third kappa shape index (κ3) is 5.25. The molecule has 0 bridgehead atoms. The van der Waals surface area contributed by atoms with Gasteiger partial charge in [-0.2, -0.15) is 0 Å². The minimum atomic E-state index is -0.211. The van der Waals surface area contributed by atoms with Crippen molar-refractivity contribution >= 4 is 11.8 Å². The van der Waals surface area contributed by atoms with Crippen molar-refractivity contribution in [2.75, 3.05) is 19.1 Å². The highest BCUT2D eigenvalue weighted by molar-refractivity contribution is 6.00. The lowest BCUT2D eigenvalue weighted by molar-refractivity contribution is -0.132.